The molecule has 2 aromatic rings. The Hall–Kier alpha value is -3.26. The van der Waals surface area contributed by atoms with Crippen LogP contribution in [-0.2, 0) is 16.0 Å². The number of hydrogen-bond acceptors (Lipinski definition) is 6. The van der Waals surface area contributed by atoms with Crippen LogP contribution in [0.3, 0.4) is 0 Å². The van der Waals surface area contributed by atoms with Crippen molar-refractivity contribution in [2.24, 2.45) is 0 Å². The second-order valence-corrected chi connectivity index (χ2v) is 8.40. The number of unbranched alkanes of at least 4 members (excludes halogenated alkanes) is 4. The van der Waals surface area contributed by atoms with E-state index in [0.29, 0.717) is 43.6 Å². The Labute approximate surface area is 214 Å². The van der Waals surface area contributed by atoms with E-state index in [-0.39, 0.29) is 6.42 Å². The molecule has 0 aliphatic heterocycles. The zero-order chi connectivity index (χ0) is 26.2. The summed E-state index contributed by atoms with van der Waals surface area (Å²) >= 11 is 0. The van der Waals surface area contributed by atoms with Gasteiger partial charge in [-0.25, -0.2) is 9.59 Å². The number of carboxylic acid groups (broad SMARTS) is 1. The van der Waals surface area contributed by atoms with Gasteiger partial charge in [0.25, 0.3) is 0 Å². The summed E-state index contributed by atoms with van der Waals surface area (Å²) in [6, 6.07) is 14.3. The van der Waals surface area contributed by atoms with Crippen LogP contribution < -0.4 is 14.2 Å². The molecule has 2 rings (SSSR count). The minimum Gasteiger partial charge on any atom is -0.493 e. The molecule has 0 radical (unpaired) electrons. The lowest BCUT2D eigenvalue weighted by Gasteiger charge is -2.22. The van der Waals surface area contributed by atoms with Crippen LogP contribution in [0.15, 0.2) is 48.5 Å². The average molecular weight is 502 g/mol. The van der Waals surface area contributed by atoms with Gasteiger partial charge in [-0.2, -0.15) is 0 Å². The first-order chi connectivity index (χ1) is 17.5. The quantitative estimate of drug-likeness (QED) is 0.283. The Morgan fingerprint density at radius 1 is 0.917 bits per heavy atom. The molecule has 1 atom stereocenters. The SMILES string of the molecule is CCCCCCCN(CCOc1ccc(CC(OCC)C(=O)O)cc1)C(=O)Oc1ccccc1OC. The van der Waals surface area contributed by atoms with Crippen molar-refractivity contribution in [3.63, 3.8) is 0 Å². The number of ether oxygens (including phenoxy) is 4. The molecule has 0 saturated carbocycles. The normalized spacial score (nSPS) is 11.5. The Kier molecular flexibility index (Phi) is 13.2. The number of carbonyl (C=O) groups excluding carboxylic acids is 1. The maximum atomic E-state index is 12.9. The van der Waals surface area contributed by atoms with E-state index in [0.717, 1.165) is 31.2 Å². The predicted molar refractivity (Wildman–Crippen MR) is 138 cm³/mol. The van der Waals surface area contributed by atoms with Crippen LogP contribution in [0.1, 0.15) is 51.5 Å². The number of hydrogen-bond donors (Lipinski definition) is 1. The number of carbonyl (C=O) groups is 2. The standard InChI is InChI=1S/C28H39NO7/c1-4-6-7-8-11-18-29(28(32)36-25-13-10-9-12-24(25)33-3)19-20-35-23-16-14-22(15-17-23)21-26(27(30)31)34-5-2/h9-10,12-17,26H,4-8,11,18-21H2,1-3H3,(H,30,31). The number of aliphatic carboxylic acids is 1. The van der Waals surface area contributed by atoms with E-state index >= 15 is 0 Å². The number of rotatable bonds is 17. The van der Waals surface area contributed by atoms with Gasteiger partial charge in [0.05, 0.1) is 13.7 Å². The zero-order valence-corrected chi connectivity index (χ0v) is 21.6. The Balaban J connectivity index is 1.93. The van der Waals surface area contributed by atoms with E-state index in [4.69, 9.17) is 18.9 Å². The summed E-state index contributed by atoms with van der Waals surface area (Å²) in [7, 11) is 1.54. The molecule has 0 heterocycles. The molecule has 198 valence electrons. The van der Waals surface area contributed by atoms with Crippen molar-refractivity contribution in [3.05, 3.63) is 54.1 Å². The number of amides is 1. The van der Waals surface area contributed by atoms with Crippen LogP contribution in [0, 0.1) is 0 Å². The first-order valence-electron chi connectivity index (χ1n) is 12.6. The summed E-state index contributed by atoms with van der Waals surface area (Å²) in [5.74, 6) is 0.541. The van der Waals surface area contributed by atoms with Gasteiger partial charge in [0, 0.05) is 19.6 Å². The van der Waals surface area contributed by atoms with Gasteiger partial charge in [-0.15, -0.1) is 0 Å². The highest BCUT2D eigenvalue weighted by molar-refractivity contribution is 5.73. The topological polar surface area (TPSA) is 94.5 Å². The van der Waals surface area contributed by atoms with Gasteiger partial charge in [0.2, 0.25) is 0 Å². The first-order valence-corrected chi connectivity index (χ1v) is 12.6. The van der Waals surface area contributed by atoms with Gasteiger partial charge in [0.15, 0.2) is 17.6 Å². The maximum Gasteiger partial charge on any atom is 0.415 e. The summed E-state index contributed by atoms with van der Waals surface area (Å²) in [5, 5.41) is 9.26. The molecule has 0 spiro atoms. The van der Waals surface area contributed by atoms with Crippen LogP contribution in [-0.4, -0.2) is 61.6 Å². The third kappa shape index (κ3) is 10.2. The van der Waals surface area contributed by atoms with Crippen LogP contribution in [0.2, 0.25) is 0 Å². The molecule has 36 heavy (non-hydrogen) atoms. The van der Waals surface area contributed by atoms with E-state index in [2.05, 4.69) is 6.92 Å². The summed E-state index contributed by atoms with van der Waals surface area (Å²) in [6.07, 6.45) is 4.39. The Morgan fingerprint density at radius 3 is 2.25 bits per heavy atom. The van der Waals surface area contributed by atoms with E-state index in [1.165, 1.54) is 13.5 Å². The van der Waals surface area contributed by atoms with E-state index in [1.54, 1.807) is 42.2 Å². The first kappa shape index (κ1) is 29.0. The Bertz CT molecular complexity index is 916. The monoisotopic (exact) mass is 501 g/mol. The smallest absolute Gasteiger partial charge is 0.415 e. The minimum atomic E-state index is -0.980. The number of carboxylic acids is 1. The van der Waals surface area contributed by atoms with Crippen molar-refractivity contribution >= 4 is 12.1 Å². The molecule has 0 fully saturated rings. The van der Waals surface area contributed by atoms with Crippen molar-refractivity contribution in [2.45, 2.75) is 58.5 Å². The molecule has 0 aromatic heterocycles. The lowest BCUT2D eigenvalue weighted by molar-refractivity contribution is -0.149. The minimum absolute atomic E-state index is 0.282. The lowest BCUT2D eigenvalue weighted by Crippen LogP contribution is -2.37. The largest absolute Gasteiger partial charge is 0.493 e. The molecule has 1 amide bonds. The van der Waals surface area contributed by atoms with E-state index in [1.807, 2.05) is 18.2 Å². The van der Waals surface area contributed by atoms with Gasteiger partial charge in [-0.3, -0.25) is 0 Å². The maximum absolute atomic E-state index is 12.9. The van der Waals surface area contributed by atoms with Crippen LogP contribution in [0.25, 0.3) is 0 Å². The molecule has 8 heteroatoms. The summed E-state index contributed by atoms with van der Waals surface area (Å²) in [4.78, 5) is 25.9. The molecular formula is C28H39NO7. The summed E-state index contributed by atoms with van der Waals surface area (Å²) in [6.45, 7) is 5.53. The molecule has 0 aliphatic carbocycles. The van der Waals surface area contributed by atoms with Gasteiger partial charge < -0.3 is 29.0 Å². The zero-order valence-electron chi connectivity index (χ0n) is 21.6. The van der Waals surface area contributed by atoms with Gasteiger partial charge in [0.1, 0.15) is 12.4 Å². The Morgan fingerprint density at radius 2 is 1.61 bits per heavy atom. The molecule has 1 unspecified atom stereocenters. The highest BCUT2D eigenvalue weighted by Gasteiger charge is 2.19. The fourth-order valence-corrected chi connectivity index (χ4v) is 3.69. The second-order valence-electron chi connectivity index (χ2n) is 8.40. The van der Waals surface area contributed by atoms with Crippen LogP contribution in [0.4, 0.5) is 4.79 Å². The molecule has 1 N–H and O–H groups in total. The van der Waals surface area contributed by atoms with Crippen molar-refractivity contribution in [3.8, 4) is 17.2 Å². The molecule has 0 saturated heterocycles. The fourth-order valence-electron chi connectivity index (χ4n) is 3.69. The average Bonchev–Trinajstić information content (AvgIpc) is 2.88. The van der Waals surface area contributed by atoms with Gasteiger partial charge in [-0.05, 0) is 43.2 Å². The molecule has 0 aliphatic rings. The molecular weight excluding hydrogens is 462 g/mol. The highest BCUT2D eigenvalue weighted by Crippen LogP contribution is 2.26. The summed E-state index contributed by atoms with van der Waals surface area (Å²) < 4.78 is 22.0. The van der Waals surface area contributed by atoms with Gasteiger partial charge in [-0.1, -0.05) is 56.9 Å². The molecule has 0 bridgehead atoms. The highest BCUT2D eigenvalue weighted by atomic mass is 16.6. The summed E-state index contributed by atoms with van der Waals surface area (Å²) in [5.41, 5.74) is 0.845. The number of methoxy groups -OCH3 is 1. The van der Waals surface area contributed by atoms with Crippen molar-refractivity contribution in [2.75, 3.05) is 33.4 Å². The number of nitrogens with zero attached hydrogens (tertiary/aromatic N) is 1. The molecule has 8 nitrogen and oxygen atoms in total. The van der Waals surface area contributed by atoms with E-state index < -0.39 is 18.2 Å². The van der Waals surface area contributed by atoms with E-state index in [9.17, 15) is 14.7 Å². The number of benzene rings is 2. The van der Waals surface area contributed by atoms with Crippen LogP contribution >= 0.6 is 0 Å². The second kappa shape index (κ2) is 16.4. The fraction of sp³-hybridized carbons (Fsp3) is 0.500. The van der Waals surface area contributed by atoms with Crippen molar-refractivity contribution < 1.29 is 33.6 Å². The number of para-hydroxylation sites is 2. The third-order valence-corrected chi connectivity index (χ3v) is 5.67. The predicted octanol–water partition coefficient (Wildman–Crippen LogP) is 5.58. The van der Waals surface area contributed by atoms with Crippen molar-refractivity contribution in [1.82, 2.24) is 4.90 Å². The van der Waals surface area contributed by atoms with Crippen molar-refractivity contribution in [1.29, 1.82) is 0 Å². The lowest BCUT2D eigenvalue weighted by atomic mass is 10.1. The van der Waals surface area contributed by atoms with Crippen LogP contribution in [0.5, 0.6) is 17.2 Å². The van der Waals surface area contributed by atoms with Gasteiger partial charge >= 0.3 is 12.1 Å². The third-order valence-electron chi connectivity index (χ3n) is 5.67. The molecule has 2 aromatic carbocycles.